The smallest absolute Gasteiger partial charge is 0.344 e. The first kappa shape index (κ1) is 29.8. The van der Waals surface area contributed by atoms with Gasteiger partial charge in [-0.3, -0.25) is 9.59 Å². The summed E-state index contributed by atoms with van der Waals surface area (Å²) in [6, 6.07) is 4.26. The van der Waals surface area contributed by atoms with Crippen LogP contribution >= 0.6 is 0 Å². The third-order valence-corrected chi connectivity index (χ3v) is 9.09. The van der Waals surface area contributed by atoms with Gasteiger partial charge in [0.1, 0.15) is 24.4 Å². The second-order valence-electron chi connectivity index (χ2n) is 11.4. The Morgan fingerprint density at radius 3 is 1.67 bits per heavy atom. The van der Waals surface area contributed by atoms with Gasteiger partial charge in [-0.25, -0.2) is 19.2 Å². The number of hydrogen-bond donors (Lipinski definition) is 0. The maximum absolute atomic E-state index is 11.8. The zero-order valence-electron chi connectivity index (χ0n) is 23.0. The highest BCUT2D eigenvalue weighted by Gasteiger charge is 2.69. The molecular weight excluding hydrogens is 568 g/mol. The minimum Gasteiger partial charge on any atom is -0.458 e. The van der Waals surface area contributed by atoms with Crippen molar-refractivity contribution in [3.8, 4) is 12.1 Å². The highest BCUT2D eigenvalue weighted by Crippen LogP contribution is 2.59. The van der Waals surface area contributed by atoms with E-state index in [-0.39, 0.29) is 41.2 Å². The molecule has 14 nitrogen and oxygen atoms in total. The summed E-state index contributed by atoms with van der Waals surface area (Å²) in [5, 5.41) is 18.4. The van der Waals surface area contributed by atoms with E-state index in [4.69, 9.17) is 23.7 Å². The Bertz CT molecular complexity index is 1380. The second kappa shape index (κ2) is 11.5. The van der Waals surface area contributed by atoms with E-state index in [2.05, 4.69) is 30.0 Å². The Morgan fingerprint density at radius 1 is 0.837 bits per heavy atom. The van der Waals surface area contributed by atoms with Gasteiger partial charge in [0.15, 0.2) is 13.2 Å². The van der Waals surface area contributed by atoms with Gasteiger partial charge in [-0.15, -0.1) is 0 Å². The standard InChI is InChI=1S/C15H15NO6.C14H13NO6/c1-6(2)14(18)20-5-10(17)21-12-7-3-8-11(9(7)4-16)15(19)22-13(8)12;1-2-9(16)19-5-10(17)20-12-6-3-7-11(8(6)4-15)14(18)21-13(7)12/h7-9,11-13H,1,3,5H2,2H3;2,6-8,11-13H,1,3,5H2. The van der Waals surface area contributed by atoms with E-state index in [0.29, 0.717) is 12.8 Å². The summed E-state index contributed by atoms with van der Waals surface area (Å²) in [7, 11) is 0. The van der Waals surface area contributed by atoms with Crippen molar-refractivity contribution in [1.82, 2.24) is 0 Å². The Labute approximate surface area is 245 Å². The van der Waals surface area contributed by atoms with Gasteiger partial charge in [-0.05, 0) is 19.8 Å². The number of hydrogen-bond acceptors (Lipinski definition) is 14. The predicted molar refractivity (Wildman–Crippen MR) is 135 cm³/mol. The average Bonchev–Trinajstić information content (AvgIpc) is 3.79. The van der Waals surface area contributed by atoms with Crippen LogP contribution in [-0.2, 0) is 57.2 Å². The van der Waals surface area contributed by atoms with Crippen molar-refractivity contribution in [2.45, 2.75) is 44.2 Å². The number of nitrogens with zero attached hydrogens (tertiary/aromatic N) is 2. The minimum atomic E-state index is -0.723. The maximum Gasteiger partial charge on any atom is 0.344 e. The van der Waals surface area contributed by atoms with E-state index in [1.807, 2.05) is 0 Å². The molecule has 43 heavy (non-hydrogen) atoms. The number of rotatable bonds is 8. The Balaban J connectivity index is 0.000000171. The molecule has 4 saturated carbocycles. The fourth-order valence-corrected chi connectivity index (χ4v) is 7.46. The topological polar surface area (TPSA) is 205 Å². The third kappa shape index (κ3) is 5.11. The molecule has 0 N–H and O–H groups in total. The van der Waals surface area contributed by atoms with Crippen molar-refractivity contribution < 1.29 is 57.2 Å². The zero-order chi connectivity index (χ0) is 31.2. The summed E-state index contributed by atoms with van der Waals surface area (Å²) < 4.78 is 30.4. The van der Waals surface area contributed by atoms with Gasteiger partial charge >= 0.3 is 35.8 Å². The van der Waals surface area contributed by atoms with E-state index < -0.39 is 85.2 Å². The summed E-state index contributed by atoms with van der Waals surface area (Å²) in [5.41, 5.74) is 0.185. The number of carbonyl (C=O) groups is 6. The molecule has 6 aliphatic rings. The second-order valence-corrected chi connectivity index (χ2v) is 11.4. The van der Waals surface area contributed by atoms with Crippen molar-refractivity contribution in [3.63, 3.8) is 0 Å². The predicted octanol–water partition coefficient (Wildman–Crippen LogP) is 0.307. The highest BCUT2D eigenvalue weighted by atomic mass is 16.6. The van der Waals surface area contributed by atoms with Crippen LogP contribution in [0.15, 0.2) is 24.8 Å². The van der Waals surface area contributed by atoms with E-state index in [0.717, 1.165) is 6.08 Å². The van der Waals surface area contributed by atoms with Crippen LogP contribution in [0.3, 0.4) is 0 Å². The lowest BCUT2D eigenvalue weighted by Crippen LogP contribution is -2.40. The van der Waals surface area contributed by atoms with Gasteiger partial charge < -0.3 is 28.4 Å². The van der Waals surface area contributed by atoms with Crippen LogP contribution in [0.5, 0.6) is 0 Å². The summed E-state index contributed by atoms with van der Waals surface area (Å²) >= 11 is 0. The highest BCUT2D eigenvalue weighted by molar-refractivity contribution is 5.88. The minimum absolute atomic E-state index is 0.0549. The molecule has 14 heteroatoms. The van der Waals surface area contributed by atoms with Crippen molar-refractivity contribution in [2.75, 3.05) is 13.2 Å². The quantitative estimate of drug-likeness (QED) is 0.210. The van der Waals surface area contributed by atoms with Crippen molar-refractivity contribution >= 4 is 35.8 Å². The average molecular weight is 597 g/mol. The molecule has 2 aliphatic heterocycles. The fourth-order valence-electron chi connectivity index (χ4n) is 7.46. The van der Waals surface area contributed by atoms with Crippen molar-refractivity contribution in [3.05, 3.63) is 24.8 Å². The first-order valence-corrected chi connectivity index (χ1v) is 13.7. The van der Waals surface area contributed by atoms with E-state index in [9.17, 15) is 39.3 Å². The van der Waals surface area contributed by atoms with Crippen LogP contribution in [0.25, 0.3) is 0 Å². The lowest BCUT2D eigenvalue weighted by atomic mass is 9.79. The number of nitriles is 2. The van der Waals surface area contributed by atoms with Crippen LogP contribution in [0, 0.1) is 70.0 Å². The van der Waals surface area contributed by atoms with E-state index in [1.54, 1.807) is 0 Å². The van der Waals surface area contributed by atoms with Crippen LogP contribution in [0.4, 0.5) is 0 Å². The van der Waals surface area contributed by atoms with E-state index >= 15 is 0 Å². The molecule has 2 saturated heterocycles. The molecule has 6 rings (SSSR count). The lowest BCUT2D eigenvalue weighted by molar-refractivity contribution is -0.169. The lowest BCUT2D eigenvalue weighted by Gasteiger charge is -2.27. The molecule has 0 spiro atoms. The van der Waals surface area contributed by atoms with Crippen molar-refractivity contribution in [2.24, 2.45) is 47.3 Å². The first-order chi connectivity index (χ1) is 20.5. The van der Waals surface area contributed by atoms with Gasteiger partial charge in [0.25, 0.3) is 0 Å². The summed E-state index contributed by atoms with van der Waals surface area (Å²) in [6.45, 7) is 7.04. The SMILES string of the molecule is C=C(C)C(=O)OCC(=O)OC1C2CC3C1OC(=O)C3C2C#N.C=CC(=O)OCC(=O)OC1C2CC3C1OC(=O)C3C2C#N. The first-order valence-electron chi connectivity index (χ1n) is 13.7. The molecule has 226 valence electrons. The number of ether oxygens (including phenoxy) is 6. The number of fused-ring (bicyclic) bond motifs is 2. The van der Waals surface area contributed by atoms with Crippen LogP contribution < -0.4 is 0 Å². The molecule has 0 radical (unpaired) electrons. The van der Waals surface area contributed by atoms with Crippen LogP contribution in [-0.4, -0.2) is 73.4 Å². The maximum atomic E-state index is 11.8. The molecule has 0 aromatic rings. The Kier molecular flexibility index (Phi) is 7.97. The Hall–Kier alpha value is -4.72. The molecule has 12 unspecified atom stereocenters. The van der Waals surface area contributed by atoms with Crippen molar-refractivity contribution in [1.29, 1.82) is 10.5 Å². The number of carbonyl (C=O) groups excluding carboxylic acids is 6. The molecule has 0 amide bonds. The molecule has 0 aromatic heterocycles. The zero-order valence-corrected chi connectivity index (χ0v) is 23.0. The van der Waals surface area contributed by atoms with E-state index in [1.165, 1.54) is 6.92 Å². The Morgan fingerprint density at radius 2 is 1.28 bits per heavy atom. The summed E-state index contributed by atoms with van der Waals surface area (Å²) in [5.74, 6) is -5.84. The monoisotopic (exact) mass is 596 g/mol. The summed E-state index contributed by atoms with van der Waals surface area (Å²) in [4.78, 5) is 69.2. The molecule has 2 heterocycles. The molecule has 4 bridgehead atoms. The van der Waals surface area contributed by atoms with Gasteiger partial charge in [0, 0.05) is 35.3 Å². The molecular formula is C29H28N2O12. The van der Waals surface area contributed by atoms with Gasteiger partial charge in [0.05, 0.1) is 35.8 Å². The third-order valence-electron chi connectivity index (χ3n) is 9.09. The normalized spacial score (nSPS) is 37.9. The number of esters is 6. The molecule has 6 fully saturated rings. The molecule has 12 atom stereocenters. The molecule has 0 aromatic carbocycles. The van der Waals surface area contributed by atoms with Gasteiger partial charge in [-0.1, -0.05) is 13.2 Å². The van der Waals surface area contributed by atoms with Crippen LogP contribution in [0.1, 0.15) is 19.8 Å². The van der Waals surface area contributed by atoms with Gasteiger partial charge in [-0.2, -0.15) is 10.5 Å². The summed E-state index contributed by atoms with van der Waals surface area (Å²) in [6.07, 6.45) is 0.0153. The molecule has 4 aliphatic carbocycles. The largest absolute Gasteiger partial charge is 0.458 e. The van der Waals surface area contributed by atoms with Gasteiger partial charge in [0.2, 0.25) is 0 Å². The van der Waals surface area contributed by atoms with Crippen LogP contribution in [0.2, 0.25) is 0 Å². The fraction of sp³-hybridized carbons (Fsp3) is 0.586.